The van der Waals surface area contributed by atoms with E-state index in [9.17, 15) is 13.2 Å². The van der Waals surface area contributed by atoms with Gasteiger partial charge in [-0.3, -0.25) is 5.10 Å². The fourth-order valence-electron chi connectivity index (χ4n) is 1.35. The summed E-state index contributed by atoms with van der Waals surface area (Å²) in [4.78, 5) is 0. The molecule has 0 spiro atoms. The Bertz CT molecular complexity index is 566. The molecule has 0 radical (unpaired) electrons. The predicted octanol–water partition coefficient (Wildman–Crippen LogP) is 4.18. The summed E-state index contributed by atoms with van der Waals surface area (Å²) in [6, 6.07) is 4.90. The van der Waals surface area contributed by atoms with E-state index in [2.05, 4.69) is 10.2 Å². The number of hydrogen-bond donors (Lipinski definition) is 1. The van der Waals surface area contributed by atoms with Gasteiger partial charge in [0.1, 0.15) is 5.75 Å². The van der Waals surface area contributed by atoms with Crippen LogP contribution in [-0.2, 0) is 6.18 Å². The quantitative estimate of drug-likeness (QED) is 0.893. The van der Waals surface area contributed by atoms with Crippen molar-refractivity contribution in [3.63, 3.8) is 0 Å². The molecule has 7 heteroatoms. The van der Waals surface area contributed by atoms with Crippen LogP contribution in [0.3, 0.4) is 0 Å². The van der Waals surface area contributed by atoms with Crippen LogP contribution in [-0.4, -0.2) is 10.2 Å². The Balaban J connectivity index is 2.30. The number of rotatable bonds is 2. The maximum Gasteiger partial charge on any atom is 0.417 e. The van der Waals surface area contributed by atoms with Gasteiger partial charge in [-0.25, -0.2) is 0 Å². The highest BCUT2D eigenvalue weighted by Gasteiger charge is 2.33. The Morgan fingerprint density at radius 3 is 2.56 bits per heavy atom. The minimum Gasteiger partial charge on any atom is -0.438 e. The number of aryl methyl sites for hydroxylation is 1. The highest BCUT2D eigenvalue weighted by atomic mass is 35.5. The molecule has 0 saturated carbocycles. The zero-order valence-corrected chi connectivity index (χ0v) is 9.93. The fourth-order valence-corrected chi connectivity index (χ4v) is 1.58. The van der Waals surface area contributed by atoms with Crippen molar-refractivity contribution in [2.75, 3.05) is 0 Å². The van der Waals surface area contributed by atoms with Crippen LogP contribution in [0.5, 0.6) is 11.6 Å². The highest BCUT2D eigenvalue weighted by Crippen LogP contribution is 2.37. The van der Waals surface area contributed by atoms with Crippen LogP contribution in [0.1, 0.15) is 11.3 Å². The average molecular weight is 277 g/mol. The normalized spacial score (nSPS) is 11.6. The number of aromatic nitrogens is 2. The number of ether oxygens (including phenoxy) is 1. The molecular weight excluding hydrogens is 269 g/mol. The molecule has 0 aliphatic rings. The average Bonchev–Trinajstić information content (AvgIpc) is 2.65. The summed E-state index contributed by atoms with van der Waals surface area (Å²) in [5.74, 6) is 0.223. The summed E-state index contributed by atoms with van der Waals surface area (Å²) in [5, 5.41) is 6.02. The number of nitrogens with one attached hydrogen (secondary N) is 1. The molecule has 2 aromatic rings. The number of hydrogen-bond acceptors (Lipinski definition) is 2. The first kappa shape index (κ1) is 12.8. The van der Waals surface area contributed by atoms with Crippen molar-refractivity contribution in [2.24, 2.45) is 0 Å². The van der Waals surface area contributed by atoms with Crippen molar-refractivity contribution in [3.8, 4) is 11.6 Å². The SMILES string of the molecule is Cc1cc(Oc2ccc(Cl)c(C(F)(F)F)c2)n[nH]1. The fraction of sp³-hybridized carbons (Fsp3) is 0.182. The second-order valence-electron chi connectivity index (χ2n) is 3.63. The molecule has 0 unspecified atom stereocenters. The Labute approximate surface area is 106 Å². The molecule has 0 saturated heterocycles. The maximum atomic E-state index is 12.6. The van der Waals surface area contributed by atoms with E-state index in [-0.39, 0.29) is 16.7 Å². The van der Waals surface area contributed by atoms with E-state index in [0.29, 0.717) is 0 Å². The minimum atomic E-state index is -4.52. The van der Waals surface area contributed by atoms with Crippen LogP contribution in [0.15, 0.2) is 24.3 Å². The van der Waals surface area contributed by atoms with Crippen molar-refractivity contribution in [3.05, 3.63) is 40.5 Å². The molecule has 18 heavy (non-hydrogen) atoms. The second kappa shape index (κ2) is 4.53. The van der Waals surface area contributed by atoms with Crippen molar-refractivity contribution < 1.29 is 17.9 Å². The van der Waals surface area contributed by atoms with E-state index in [1.165, 1.54) is 6.07 Å². The van der Waals surface area contributed by atoms with Crippen molar-refractivity contribution in [1.82, 2.24) is 10.2 Å². The summed E-state index contributed by atoms with van der Waals surface area (Å²) >= 11 is 5.49. The van der Waals surface area contributed by atoms with Gasteiger partial charge in [0.25, 0.3) is 0 Å². The van der Waals surface area contributed by atoms with Crippen LogP contribution in [0.4, 0.5) is 13.2 Å². The monoisotopic (exact) mass is 276 g/mol. The van der Waals surface area contributed by atoms with E-state index in [1.807, 2.05) is 0 Å². The highest BCUT2D eigenvalue weighted by molar-refractivity contribution is 6.31. The first-order valence-corrected chi connectivity index (χ1v) is 5.30. The van der Waals surface area contributed by atoms with Crippen LogP contribution in [0.25, 0.3) is 0 Å². The Morgan fingerprint density at radius 1 is 1.28 bits per heavy atom. The molecule has 0 atom stereocenters. The van der Waals surface area contributed by atoms with Crippen molar-refractivity contribution in [1.29, 1.82) is 0 Å². The van der Waals surface area contributed by atoms with Gasteiger partial charge < -0.3 is 4.74 Å². The van der Waals surface area contributed by atoms with Crippen LogP contribution >= 0.6 is 11.6 Å². The van der Waals surface area contributed by atoms with Gasteiger partial charge in [0.2, 0.25) is 5.88 Å². The minimum absolute atomic E-state index is 0.0261. The topological polar surface area (TPSA) is 37.9 Å². The van der Waals surface area contributed by atoms with Gasteiger partial charge in [0.15, 0.2) is 0 Å². The zero-order valence-electron chi connectivity index (χ0n) is 9.18. The summed E-state index contributed by atoms with van der Waals surface area (Å²) in [6.45, 7) is 1.75. The predicted molar refractivity (Wildman–Crippen MR) is 59.9 cm³/mol. The Kier molecular flexibility index (Phi) is 3.21. The largest absolute Gasteiger partial charge is 0.438 e. The van der Waals surface area contributed by atoms with Gasteiger partial charge in [0, 0.05) is 11.8 Å². The summed E-state index contributed by atoms with van der Waals surface area (Å²) in [7, 11) is 0. The zero-order chi connectivity index (χ0) is 13.3. The molecule has 0 bridgehead atoms. The van der Waals surface area contributed by atoms with Gasteiger partial charge in [-0.15, -0.1) is 5.10 Å². The molecular formula is C11H8ClF3N2O. The maximum absolute atomic E-state index is 12.6. The third kappa shape index (κ3) is 2.76. The van der Waals surface area contributed by atoms with Gasteiger partial charge in [-0.05, 0) is 25.1 Å². The van der Waals surface area contributed by atoms with E-state index in [0.717, 1.165) is 17.8 Å². The van der Waals surface area contributed by atoms with Crippen LogP contribution in [0.2, 0.25) is 5.02 Å². The third-order valence-corrected chi connectivity index (χ3v) is 2.48. The van der Waals surface area contributed by atoms with Crippen LogP contribution < -0.4 is 4.74 Å². The van der Waals surface area contributed by atoms with Gasteiger partial charge in [0.05, 0.1) is 10.6 Å². The first-order valence-electron chi connectivity index (χ1n) is 4.93. The van der Waals surface area contributed by atoms with E-state index in [4.69, 9.17) is 16.3 Å². The van der Waals surface area contributed by atoms with E-state index < -0.39 is 11.7 Å². The van der Waals surface area contributed by atoms with Crippen molar-refractivity contribution >= 4 is 11.6 Å². The molecule has 1 heterocycles. The molecule has 0 amide bonds. The van der Waals surface area contributed by atoms with Crippen molar-refractivity contribution in [2.45, 2.75) is 13.1 Å². The molecule has 96 valence electrons. The lowest BCUT2D eigenvalue weighted by Crippen LogP contribution is -2.05. The summed E-state index contributed by atoms with van der Waals surface area (Å²) in [5.41, 5.74) is -0.191. The molecule has 0 aliphatic heterocycles. The first-order chi connectivity index (χ1) is 8.36. The lowest BCUT2D eigenvalue weighted by molar-refractivity contribution is -0.137. The molecule has 0 fully saturated rings. The van der Waals surface area contributed by atoms with E-state index in [1.54, 1.807) is 13.0 Å². The molecule has 0 aliphatic carbocycles. The second-order valence-corrected chi connectivity index (χ2v) is 4.04. The molecule has 2 rings (SSSR count). The smallest absolute Gasteiger partial charge is 0.417 e. The summed E-state index contributed by atoms with van der Waals surface area (Å²) in [6.07, 6.45) is -4.52. The number of aromatic amines is 1. The molecule has 1 aromatic heterocycles. The molecule has 1 N–H and O–H groups in total. The van der Waals surface area contributed by atoms with Gasteiger partial charge in [-0.1, -0.05) is 11.6 Å². The lowest BCUT2D eigenvalue weighted by Gasteiger charge is -2.10. The standard InChI is InChI=1S/C11H8ClF3N2O/c1-6-4-10(17-16-6)18-7-2-3-9(12)8(5-7)11(13,14)15/h2-5H,1H3,(H,16,17). The van der Waals surface area contributed by atoms with Crippen LogP contribution in [0, 0.1) is 6.92 Å². The number of H-pyrrole nitrogens is 1. The molecule has 1 aromatic carbocycles. The lowest BCUT2D eigenvalue weighted by atomic mass is 10.2. The number of alkyl halides is 3. The number of halogens is 4. The summed E-state index contributed by atoms with van der Waals surface area (Å²) < 4.78 is 43.0. The number of benzene rings is 1. The Morgan fingerprint density at radius 2 is 2.00 bits per heavy atom. The Hall–Kier alpha value is -1.69. The van der Waals surface area contributed by atoms with Gasteiger partial charge in [-0.2, -0.15) is 13.2 Å². The molecule has 3 nitrogen and oxygen atoms in total. The van der Waals surface area contributed by atoms with Gasteiger partial charge >= 0.3 is 6.18 Å². The number of nitrogens with zero attached hydrogens (tertiary/aromatic N) is 1. The van der Waals surface area contributed by atoms with E-state index >= 15 is 0 Å². The third-order valence-electron chi connectivity index (χ3n) is 2.15.